The molecule has 0 bridgehead atoms. The normalized spacial score (nSPS) is 14.6. The minimum atomic E-state index is -0.742. The first-order valence-electron chi connectivity index (χ1n) is 6.98. The molecule has 0 aliphatic carbocycles. The molecule has 0 fully saturated rings. The molecule has 0 unspecified atom stereocenters. The Morgan fingerprint density at radius 1 is 1.25 bits per heavy atom. The van der Waals surface area contributed by atoms with E-state index >= 15 is 0 Å². The van der Waals surface area contributed by atoms with Crippen molar-refractivity contribution in [2.24, 2.45) is 11.7 Å². The zero-order valence-electron chi connectivity index (χ0n) is 13.4. The number of esters is 1. The predicted molar refractivity (Wildman–Crippen MR) is 77.2 cm³/mol. The van der Waals surface area contributed by atoms with Gasteiger partial charge in [-0.25, -0.2) is 9.59 Å². The summed E-state index contributed by atoms with van der Waals surface area (Å²) in [6.07, 6.45) is 0.0898. The van der Waals surface area contributed by atoms with Gasteiger partial charge >= 0.3 is 12.1 Å². The monoisotopic (exact) mass is 288 g/mol. The fourth-order valence-corrected chi connectivity index (χ4v) is 1.33. The number of amides is 1. The van der Waals surface area contributed by atoms with Crippen LogP contribution in [0.25, 0.3) is 0 Å². The molecule has 0 rings (SSSR count). The molecule has 0 heterocycles. The van der Waals surface area contributed by atoms with Crippen molar-refractivity contribution in [3.05, 3.63) is 0 Å². The molecule has 0 aliphatic rings. The number of hydrogen-bond donors (Lipinski definition) is 2. The smallest absolute Gasteiger partial charge is 0.408 e. The largest absolute Gasteiger partial charge is 0.463 e. The van der Waals surface area contributed by atoms with Gasteiger partial charge in [0.15, 0.2) is 0 Å². The van der Waals surface area contributed by atoms with Crippen molar-refractivity contribution in [3.63, 3.8) is 0 Å². The molecule has 0 aromatic rings. The Kier molecular flexibility index (Phi) is 7.57. The van der Waals surface area contributed by atoms with Gasteiger partial charge < -0.3 is 20.5 Å². The van der Waals surface area contributed by atoms with Crippen LogP contribution in [-0.4, -0.2) is 36.4 Å². The van der Waals surface area contributed by atoms with E-state index in [4.69, 9.17) is 15.2 Å². The van der Waals surface area contributed by atoms with Gasteiger partial charge in [0, 0.05) is 6.04 Å². The highest BCUT2D eigenvalue weighted by Gasteiger charge is 2.28. The zero-order chi connectivity index (χ0) is 15.9. The summed E-state index contributed by atoms with van der Waals surface area (Å²) in [5, 5.41) is 2.54. The van der Waals surface area contributed by atoms with Crippen LogP contribution < -0.4 is 11.1 Å². The molecule has 0 aromatic carbocycles. The first-order chi connectivity index (χ1) is 9.06. The zero-order valence-corrected chi connectivity index (χ0v) is 13.4. The number of ether oxygens (including phenoxy) is 2. The maximum atomic E-state index is 12.0. The Bertz CT molecular complexity index is 324. The van der Waals surface area contributed by atoms with Gasteiger partial charge in [0.05, 0.1) is 0 Å². The molecule has 0 aromatic heterocycles. The molecule has 0 saturated heterocycles. The first-order valence-corrected chi connectivity index (χ1v) is 6.98. The minimum absolute atomic E-state index is 0.104. The summed E-state index contributed by atoms with van der Waals surface area (Å²) < 4.78 is 10.2. The SMILES string of the molecule is CC[C@H](N)COC(=O)[C@@H](NC(=O)OC(C)(C)C)C(C)C. The van der Waals surface area contributed by atoms with E-state index in [0.29, 0.717) is 0 Å². The summed E-state index contributed by atoms with van der Waals surface area (Å²) in [6.45, 7) is 11.0. The summed E-state index contributed by atoms with van der Waals surface area (Å²) in [6, 6.07) is -0.929. The van der Waals surface area contributed by atoms with Crippen LogP contribution in [0.3, 0.4) is 0 Å². The second-order valence-corrected chi connectivity index (χ2v) is 6.17. The van der Waals surface area contributed by atoms with Crippen molar-refractivity contribution in [1.82, 2.24) is 5.32 Å². The van der Waals surface area contributed by atoms with Crippen molar-refractivity contribution in [2.75, 3.05) is 6.61 Å². The van der Waals surface area contributed by atoms with Gasteiger partial charge in [-0.1, -0.05) is 20.8 Å². The molecule has 2 atom stereocenters. The number of nitrogens with one attached hydrogen (secondary N) is 1. The molecular formula is C14H28N2O4. The third-order valence-corrected chi connectivity index (χ3v) is 2.56. The third-order valence-electron chi connectivity index (χ3n) is 2.56. The summed E-state index contributed by atoms with van der Waals surface area (Å²) in [7, 11) is 0. The average molecular weight is 288 g/mol. The highest BCUT2D eigenvalue weighted by atomic mass is 16.6. The van der Waals surface area contributed by atoms with Gasteiger partial charge in [0.2, 0.25) is 0 Å². The number of carbonyl (C=O) groups excluding carboxylic acids is 2. The Hall–Kier alpha value is -1.30. The van der Waals surface area contributed by atoms with E-state index in [1.165, 1.54) is 0 Å². The van der Waals surface area contributed by atoms with Crippen molar-refractivity contribution >= 4 is 12.1 Å². The van der Waals surface area contributed by atoms with Crippen LogP contribution in [0.1, 0.15) is 48.0 Å². The Labute approximate surface area is 121 Å². The van der Waals surface area contributed by atoms with Crippen molar-refractivity contribution in [3.8, 4) is 0 Å². The summed E-state index contributed by atoms with van der Waals surface area (Å²) in [4.78, 5) is 23.7. The van der Waals surface area contributed by atoms with E-state index in [1.54, 1.807) is 20.8 Å². The van der Waals surface area contributed by atoms with Gasteiger partial charge in [0.1, 0.15) is 18.2 Å². The van der Waals surface area contributed by atoms with E-state index in [1.807, 2.05) is 20.8 Å². The lowest BCUT2D eigenvalue weighted by molar-refractivity contribution is -0.147. The number of hydrogen-bond acceptors (Lipinski definition) is 5. The van der Waals surface area contributed by atoms with E-state index < -0.39 is 23.7 Å². The first kappa shape index (κ1) is 18.7. The number of nitrogens with two attached hydrogens (primary N) is 1. The van der Waals surface area contributed by atoms with Crippen LogP contribution in [0.5, 0.6) is 0 Å². The molecule has 6 heteroatoms. The molecule has 20 heavy (non-hydrogen) atoms. The van der Waals surface area contributed by atoms with Gasteiger partial charge in [-0.15, -0.1) is 0 Å². The number of rotatable bonds is 6. The van der Waals surface area contributed by atoms with Crippen LogP contribution in [0.2, 0.25) is 0 Å². The molecule has 118 valence electrons. The fraction of sp³-hybridized carbons (Fsp3) is 0.857. The molecule has 0 radical (unpaired) electrons. The van der Waals surface area contributed by atoms with Crippen molar-refractivity contribution in [2.45, 2.75) is 65.6 Å². The van der Waals surface area contributed by atoms with Crippen molar-refractivity contribution in [1.29, 1.82) is 0 Å². The lowest BCUT2D eigenvalue weighted by Crippen LogP contribution is -2.47. The standard InChI is InChI=1S/C14H28N2O4/c1-7-10(15)8-19-12(17)11(9(2)3)16-13(18)20-14(4,5)6/h9-11H,7-8,15H2,1-6H3,(H,16,18)/t10-,11-/m0/s1. The minimum Gasteiger partial charge on any atom is -0.463 e. The third kappa shape index (κ3) is 7.99. The van der Waals surface area contributed by atoms with Crippen LogP contribution in [-0.2, 0) is 14.3 Å². The molecule has 6 nitrogen and oxygen atoms in total. The Morgan fingerprint density at radius 2 is 1.80 bits per heavy atom. The van der Waals surface area contributed by atoms with E-state index in [0.717, 1.165) is 6.42 Å². The molecule has 3 N–H and O–H groups in total. The molecule has 0 aliphatic heterocycles. The van der Waals surface area contributed by atoms with Gasteiger partial charge in [-0.2, -0.15) is 0 Å². The topological polar surface area (TPSA) is 90.6 Å². The lowest BCUT2D eigenvalue weighted by Gasteiger charge is -2.25. The molecular weight excluding hydrogens is 260 g/mol. The molecule has 1 amide bonds. The Morgan fingerprint density at radius 3 is 2.20 bits per heavy atom. The summed E-state index contributed by atoms with van der Waals surface area (Å²) >= 11 is 0. The maximum Gasteiger partial charge on any atom is 0.408 e. The summed E-state index contributed by atoms with van der Waals surface area (Å²) in [5.74, 6) is -0.595. The van der Waals surface area contributed by atoms with Crippen LogP contribution >= 0.6 is 0 Å². The molecule has 0 saturated carbocycles. The molecule has 0 spiro atoms. The highest BCUT2D eigenvalue weighted by Crippen LogP contribution is 2.09. The van der Waals surface area contributed by atoms with Crippen LogP contribution in [0.15, 0.2) is 0 Å². The highest BCUT2D eigenvalue weighted by molar-refractivity contribution is 5.81. The number of carbonyl (C=O) groups is 2. The number of alkyl carbamates (subject to hydrolysis) is 1. The van der Waals surface area contributed by atoms with Gasteiger partial charge in [-0.05, 0) is 33.1 Å². The van der Waals surface area contributed by atoms with Gasteiger partial charge in [0.25, 0.3) is 0 Å². The fourth-order valence-electron chi connectivity index (χ4n) is 1.33. The van der Waals surface area contributed by atoms with E-state index in [9.17, 15) is 9.59 Å². The van der Waals surface area contributed by atoms with Crippen molar-refractivity contribution < 1.29 is 19.1 Å². The average Bonchev–Trinajstić information content (AvgIpc) is 2.29. The second-order valence-electron chi connectivity index (χ2n) is 6.17. The van der Waals surface area contributed by atoms with Gasteiger partial charge in [-0.3, -0.25) is 0 Å². The lowest BCUT2D eigenvalue weighted by atomic mass is 10.1. The van der Waals surface area contributed by atoms with Crippen LogP contribution in [0.4, 0.5) is 4.79 Å². The maximum absolute atomic E-state index is 12.0. The van der Waals surface area contributed by atoms with Crippen LogP contribution in [0, 0.1) is 5.92 Å². The quantitative estimate of drug-likeness (QED) is 0.727. The second kappa shape index (κ2) is 8.09. The summed E-state index contributed by atoms with van der Waals surface area (Å²) in [5.41, 5.74) is 5.08. The Balaban J connectivity index is 4.49. The predicted octanol–water partition coefficient (Wildman–Crippen LogP) is 1.82. The van der Waals surface area contributed by atoms with E-state index in [2.05, 4.69) is 5.32 Å². The van der Waals surface area contributed by atoms with E-state index in [-0.39, 0.29) is 18.6 Å².